The maximum absolute atomic E-state index is 7.31. The summed E-state index contributed by atoms with van der Waals surface area (Å²) >= 11 is 0. The van der Waals surface area contributed by atoms with E-state index in [1.807, 2.05) is 0 Å². The molecule has 0 radical (unpaired) electrons. The maximum atomic E-state index is 7.31. The Labute approximate surface area is 420 Å². The van der Waals surface area contributed by atoms with Gasteiger partial charge in [0.25, 0.3) is 6.71 Å². The van der Waals surface area contributed by atoms with E-state index in [-0.39, 0.29) is 6.71 Å². The van der Waals surface area contributed by atoms with Gasteiger partial charge in [-0.3, -0.25) is 4.90 Å². The Bertz CT molecular complexity index is 2960. The van der Waals surface area contributed by atoms with Crippen LogP contribution in [0.3, 0.4) is 0 Å². The summed E-state index contributed by atoms with van der Waals surface area (Å²) < 4.78 is 7.31. The summed E-state index contributed by atoms with van der Waals surface area (Å²) in [5.74, 6) is 2.77. The van der Waals surface area contributed by atoms with E-state index in [0.29, 0.717) is 23.7 Å². The number of rotatable bonds is 18. The second-order valence-electron chi connectivity index (χ2n) is 21.1. The third-order valence-electron chi connectivity index (χ3n) is 15.9. The molecule has 6 aromatic carbocycles. The Morgan fingerprint density at radius 1 is 0.600 bits per heavy atom. The molecular formula is C65H74BN3O. The molecule has 0 bridgehead atoms. The minimum atomic E-state index is -0.0552. The zero-order valence-corrected chi connectivity index (χ0v) is 43.3. The third kappa shape index (κ3) is 8.95. The van der Waals surface area contributed by atoms with E-state index in [1.165, 1.54) is 125 Å². The van der Waals surface area contributed by atoms with E-state index >= 15 is 0 Å². The molecule has 0 fully saturated rings. The van der Waals surface area contributed by atoms with Crippen molar-refractivity contribution in [1.29, 1.82) is 0 Å². The Balaban J connectivity index is 1.29. The molecule has 70 heavy (non-hydrogen) atoms. The Kier molecular flexibility index (Phi) is 14.0. The molecule has 4 atom stereocenters. The quantitative estimate of drug-likeness (QED) is 0.0800. The fraction of sp³-hybridized carbons (Fsp3) is 0.354. The average molecular weight is 924 g/mol. The Hall–Kier alpha value is -6.20. The van der Waals surface area contributed by atoms with Crippen LogP contribution in [0, 0.1) is 18.8 Å². The monoisotopic (exact) mass is 924 g/mol. The first-order chi connectivity index (χ1) is 34.2. The van der Waals surface area contributed by atoms with Gasteiger partial charge >= 0.3 is 0 Å². The van der Waals surface area contributed by atoms with Crippen molar-refractivity contribution in [2.45, 2.75) is 138 Å². The molecule has 10 rings (SSSR count). The van der Waals surface area contributed by atoms with Gasteiger partial charge in [0, 0.05) is 56.4 Å². The second-order valence-corrected chi connectivity index (χ2v) is 21.1. The van der Waals surface area contributed by atoms with Gasteiger partial charge in [-0.2, -0.15) is 0 Å². The van der Waals surface area contributed by atoms with Crippen molar-refractivity contribution in [3.8, 4) is 0 Å². The van der Waals surface area contributed by atoms with Gasteiger partial charge in [0.15, 0.2) is 0 Å². The van der Waals surface area contributed by atoms with Crippen molar-refractivity contribution in [2.75, 3.05) is 14.7 Å². The summed E-state index contributed by atoms with van der Waals surface area (Å²) in [6.45, 7) is 18.7. The molecule has 7 aromatic rings. The average Bonchev–Trinajstić information content (AvgIpc) is 3.75. The normalized spacial score (nSPS) is 16.3. The summed E-state index contributed by atoms with van der Waals surface area (Å²) in [6, 6.07) is 50.7. The first-order valence-corrected chi connectivity index (χ1v) is 27.1. The van der Waals surface area contributed by atoms with Gasteiger partial charge in [-0.1, -0.05) is 160 Å². The smallest absolute Gasteiger partial charge is 0.257 e. The number of fused-ring (bicyclic) bond motifs is 6. The highest BCUT2D eigenvalue weighted by atomic mass is 16.4. The Morgan fingerprint density at radius 2 is 1.26 bits per heavy atom. The zero-order valence-electron chi connectivity index (χ0n) is 43.3. The number of benzene rings is 6. The molecule has 5 heteroatoms. The first kappa shape index (κ1) is 47.5. The van der Waals surface area contributed by atoms with Crippen molar-refractivity contribution in [1.82, 2.24) is 0 Å². The number of nitrogens with zero attached hydrogens (tertiary/aromatic N) is 3. The number of hydrogen-bond acceptors (Lipinski definition) is 4. The highest BCUT2D eigenvalue weighted by molar-refractivity contribution is 7.01. The minimum absolute atomic E-state index is 0.0552. The number of unbranched alkanes of at least 4 members (excludes halogenated alkanes) is 2. The number of para-hydroxylation sites is 2. The number of aryl methyl sites for hydroxylation is 1. The Morgan fingerprint density at radius 3 is 1.93 bits per heavy atom. The molecule has 3 heterocycles. The van der Waals surface area contributed by atoms with Gasteiger partial charge in [0.1, 0.15) is 5.58 Å². The van der Waals surface area contributed by atoms with Crippen LogP contribution in [-0.2, 0) is 0 Å². The molecule has 0 amide bonds. The van der Waals surface area contributed by atoms with Crippen LogP contribution in [0.4, 0.5) is 45.7 Å². The lowest BCUT2D eigenvalue weighted by Gasteiger charge is -2.45. The molecule has 1 aliphatic carbocycles. The highest BCUT2D eigenvalue weighted by Crippen LogP contribution is 2.49. The summed E-state index contributed by atoms with van der Waals surface area (Å²) in [4.78, 5) is 7.70. The molecule has 0 saturated heterocycles. The molecule has 1 aromatic heterocycles. The predicted octanol–water partition coefficient (Wildman–Crippen LogP) is 17.6. The minimum Gasteiger partial charge on any atom is -0.440 e. The zero-order chi connectivity index (χ0) is 48.5. The van der Waals surface area contributed by atoms with Crippen LogP contribution in [0.1, 0.15) is 148 Å². The molecule has 4 unspecified atom stereocenters. The lowest BCUT2D eigenvalue weighted by Crippen LogP contribution is -2.61. The highest BCUT2D eigenvalue weighted by Gasteiger charge is 2.47. The summed E-state index contributed by atoms with van der Waals surface area (Å²) in [5.41, 5.74) is 20.2. The van der Waals surface area contributed by atoms with E-state index in [1.54, 1.807) is 0 Å². The second kappa shape index (κ2) is 20.6. The molecule has 4 nitrogen and oxygen atoms in total. The molecule has 0 spiro atoms. The van der Waals surface area contributed by atoms with Crippen molar-refractivity contribution in [3.63, 3.8) is 0 Å². The topological polar surface area (TPSA) is 22.9 Å². The summed E-state index contributed by atoms with van der Waals surface area (Å²) in [5, 5.41) is 1.19. The van der Waals surface area contributed by atoms with Gasteiger partial charge in [-0.25, -0.2) is 0 Å². The molecule has 0 N–H and O–H groups in total. The largest absolute Gasteiger partial charge is 0.440 e. The van der Waals surface area contributed by atoms with E-state index in [0.717, 1.165) is 47.1 Å². The van der Waals surface area contributed by atoms with Crippen LogP contribution < -0.4 is 31.1 Å². The molecular weight excluding hydrogens is 850 g/mol. The van der Waals surface area contributed by atoms with Gasteiger partial charge in [0.05, 0.1) is 0 Å². The molecule has 0 saturated carbocycles. The van der Waals surface area contributed by atoms with Gasteiger partial charge in [-0.15, -0.1) is 0 Å². The van der Waals surface area contributed by atoms with E-state index in [9.17, 15) is 0 Å². The fourth-order valence-electron chi connectivity index (χ4n) is 12.1. The first-order valence-electron chi connectivity index (χ1n) is 27.1. The van der Waals surface area contributed by atoms with E-state index in [2.05, 4.69) is 216 Å². The fourth-order valence-corrected chi connectivity index (χ4v) is 12.1. The number of hydrogen-bond donors (Lipinski definition) is 0. The summed E-state index contributed by atoms with van der Waals surface area (Å²) in [7, 11) is 0. The molecule has 3 aliphatic rings. The van der Waals surface area contributed by atoms with Crippen LogP contribution in [0.15, 0.2) is 161 Å². The number of furan rings is 1. The molecule has 2 aliphatic heterocycles. The summed E-state index contributed by atoms with van der Waals surface area (Å²) in [6.07, 6.45) is 18.1. The van der Waals surface area contributed by atoms with E-state index in [4.69, 9.17) is 4.42 Å². The van der Waals surface area contributed by atoms with Crippen LogP contribution in [0.2, 0.25) is 0 Å². The van der Waals surface area contributed by atoms with Crippen LogP contribution in [0.5, 0.6) is 0 Å². The lowest BCUT2D eigenvalue weighted by molar-refractivity contribution is 0.522. The number of anilines is 8. The number of allylic oxidation sites excluding steroid dienone is 4. The van der Waals surface area contributed by atoms with Crippen molar-refractivity contribution < 1.29 is 4.42 Å². The van der Waals surface area contributed by atoms with Crippen LogP contribution in [0.25, 0.3) is 11.0 Å². The van der Waals surface area contributed by atoms with E-state index < -0.39 is 0 Å². The van der Waals surface area contributed by atoms with Crippen molar-refractivity contribution >= 4 is 79.8 Å². The van der Waals surface area contributed by atoms with Gasteiger partial charge in [-0.05, 0) is 169 Å². The molecule has 358 valence electrons. The standard InChI is InChI=1S/C65H74BN3O/c1-9-13-23-47(8)51-41-60-64-61(42-51)69(54-32-30-49(31-33-54)45(6)21-11-3)65-63(57-35-29-44(5)37-62(57)70-65)66(64)58-36-34-55(67(52-25-17-15-18-26-52)53-27-19-16-20-28-53)43-59(58)68(60)56-39-48(24-14-10-2)38-50(40-56)46(7)22-12-4/h15-20,25-38,40-43,45-48H,9-14,21-24,39H2,1-8H3. The predicted molar refractivity (Wildman–Crippen MR) is 303 cm³/mol. The van der Waals surface area contributed by atoms with Crippen molar-refractivity contribution in [2.24, 2.45) is 11.8 Å². The van der Waals surface area contributed by atoms with Crippen LogP contribution in [-0.4, -0.2) is 6.71 Å². The third-order valence-corrected chi connectivity index (χ3v) is 15.9. The van der Waals surface area contributed by atoms with Gasteiger partial charge in [0.2, 0.25) is 5.88 Å². The SMILES string of the molecule is CCCCC1C=C(C(C)CCC)C=C(N2c3cc(N(c4ccccc4)c4ccccc4)ccc3B3c4c2cc(C(C)CCCC)cc4N(c2ccc(C(C)CCC)cc2)c2oc4cc(C)ccc4c23)C1. The van der Waals surface area contributed by atoms with Crippen LogP contribution >= 0.6 is 0 Å². The van der Waals surface area contributed by atoms with Gasteiger partial charge < -0.3 is 14.2 Å². The lowest BCUT2D eigenvalue weighted by atomic mass is 9.33. The van der Waals surface area contributed by atoms with Crippen molar-refractivity contribution in [3.05, 3.63) is 174 Å². The maximum Gasteiger partial charge on any atom is 0.257 e.